The Morgan fingerprint density at radius 2 is 2.11 bits per heavy atom. The fraction of sp³-hybridized carbons (Fsp3) is 0.600. The Balaban J connectivity index is 2.23. The van der Waals surface area contributed by atoms with Gasteiger partial charge in [0.1, 0.15) is 10.6 Å². The number of ether oxygens (including phenoxy) is 1. The lowest BCUT2D eigenvalue weighted by Gasteiger charge is -2.22. The molecule has 106 valence electrons. The Kier molecular flexibility index (Phi) is 4.07. The zero-order chi connectivity index (χ0) is 14.0. The standard InChI is InChI=1S/C10H14N2O5S2/c1-6-8(10(13)14)9(18-11-6)12-19(15,16)7-2-4-17-5-3-7/h7,12H,2-5H2,1H3,(H,13,14). The van der Waals surface area contributed by atoms with Crippen LogP contribution in [0.15, 0.2) is 0 Å². The van der Waals surface area contributed by atoms with E-state index in [1.165, 1.54) is 6.92 Å². The molecule has 0 aromatic carbocycles. The van der Waals surface area contributed by atoms with Gasteiger partial charge >= 0.3 is 5.97 Å². The first-order valence-corrected chi connectivity index (χ1v) is 8.02. The quantitative estimate of drug-likeness (QED) is 0.862. The van der Waals surface area contributed by atoms with Crippen LogP contribution in [-0.2, 0) is 14.8 Å². The second-order valence-corrected chi connectivity index (χ2v) is 6.97. The van der Waals surface area contributed by atoms with Crippen molar-refractivity contribution in [1.29, 1.82) is 0 Å². The molecule has 1 fully saturated rings. The number of aromatic nitrogens is 1. The van der Waals surface area contributed by atoms with Crippen LogP contribution >= 0.6 is 11.5 Å². The van der Waals surface area contributed by atoms with Crippen LogP contribution in [-0.4, -0.2) is 42.3 Å². The molecule has 0 bridgehead atoms. The van der Waals surface area contributed by atoms with E-state index in [0.717, 1.165) is 11.5 Å². The first-order valence-electron chi connectivity index (χ1n) is 5.71. The molecule has 2 rings (SSSR count). The van der Waals surface area contributed by atoms with Crippen LogP contribution in [0.25, 0.3) is 0 Å². The molecule has 2 heterocycles. The summed E-state index contributed by atoms with van der Waals surface area (Å²) in [6, 6.07) is 0. The number of nitrogens with one attached hydrogen (secondary N) is 1. The first kappa shape index (κ1) is 14.2. The van der Waals surface area contributed by atoms with Gasteiger partial charge in [-0.3, -0.25) is 4.72 Å². The van der Waals surface area contributed by atoms with Gasteiger partial charge < -0.3 is 9.84 Å². The minimum absolute atomic E-state index is 0.0662. The first-order chi connectivity index (χ1) is 8.92. The van der Waals surface area contributed by atoms with Gasteiger partial charge in [0.25, 0.3) is 0 Å². The average Bonchev–Trinajstić information content (AvgIpc) is 2.71. The third-order valence-electron chi connectivity index (χ3n) is 2.92. The maximum Gasteiger partial charge on any atom is 0.340 e. The van der Waals surface area contributed by atoms with Gasteiger partial charge in [-0.05, 0) is 31.3 Å². The minimum atomic E-state index is -3.60. The van der Waals surface area contributed by atoms with E-state index in [0.29, 0.717) is 31.7 Å². The van der Waals surface area contributed by atoms with E-state index < -0.39 is 21.2 Å². The summed E-state index contributed by atoms with van der Waals surface area (Å²) in [4.78, 5) is 11.1. The van der Waals surface area contributed by atoms with E-state index in [1.54, 1.807) is 0 Å². The van der Waals surface area contributed by atoms with E-state index in [1.807, 2.05) is 0 Å². The van der Waals surface area contributed by atoms with Crippen LogP contribution in [0.2, 0.25) is 0 Å². The van der Waals surface area contributed by atoms with Crippen LogP contribution in [0, 0.1) is 6.92 Å². The van der Waals surface area contributed by atoms with Gasteiger partial charge in [0, 0.05) is 13.2 Å². The van der Waals surface area contributed by atoms with Gasteiger partial charge in [-0.25, -0.2) is 13.2 Å². The van der Waals surface area contributed by atoms with Gasteiger partial charge in [-0.1, -0.05) is 0 Å². The molecule has 2 N–H and O–H groups in total. The van der Waals surface area contributed by atoms with Crippen molar-refractivity contribution in [2.24, 2.45) is 0 Å². The van der Waals surface area contributed by atoms with Crippen molar-refractivity contribution >= 4 is 32.5 Å². The lowest BCUT2D eigenvalue weighted by Crippen LogP contribution is -2.33. The Morgan fingerprint density at radius 3 is 2.68 bits per heavy atom. The largest absolute Gasteiger partial charge is 0.478 e. The van der Waals surface area contributed by atoms with E-state index >= 15 is 0 Å². The summed E-state index contributed by atoms with van der Waals surface area (Å²) in [6.07, 6.45) is 0.824. The second kappa shape index (κ2) is 5.43. The van der Waals surface area contributed by atoms with Gasteiger partial charge in [0.2, 0.25) is 10.0 Å². The molecule has 0 unspecified atom stereocenters. The third kappa shape index (κ3) is 3.04. The molecule has 19 heavy (non-hydrogen) atoms. The molecule has 1 saturated heterocycles. The van der Waals surface area contributed by atoms with Crippen molar-refractivity contribution in [3.63, 3.8) is 0 Å². The summed E-state index contributed by atoms with van der Waals surface area (Å²) < 4.78 is 35.7. The Labute approximate surface area is 114 Å². The van der Waals surface area contributed by atoms with Crippen LogP contribution in [0.1, 0.15) is 28.9 Å². The number of hydrogen-bond donors (Lipinski definition) is 2. The highest BCUT2D eigenvalue weighted by Gasteiger charge is 2.30. The number of sulfonamides is 1. The predicted octanol–water partition coefficient (Wildman–Crippen LogP) is 1.07. The molecular formula is C10H14N2O5S2. The monoisotopic (exact) mass is 306 g/mol. The third-order valence-corrected chi connectivity index (χ3v) is 5.74. The highest BCUT2D eigenvalue weighted by molar-refractivity contribution is 7.93. The Bertz CT molecular complexity index is 575. The van der Waals surface area contributed by atoms with Crippen LogP contribution < -0.4 is 4.72 Å². The minimum Gasteiger partial charge on any atom is -0.478 e. The molecular weight excluding hydrogens is 292 g/mol. The number of rotatable bonds is 4. The molecule has 7 nitrogen and oxygen atoms in total. The zero-order valence-electron chi connectivity index (χ0n) is 10.2. The SMILES string of the molecule is Cc1nsc(NS(=O)(=O)C2CCOCC2)c1C(=O)O. The van der Waals surface area contributed by atoms with E-state index in [-0.39, 0.29) is 10.6 Å². The number of aryl methyl sites for hydroxylation is 1. The molecule has 0 aliphatic carbocycles. The molecule has 0 atom stereocenters. The summed E-state index contributed by atoms with van der Waals surface area (Å²) in [6.45, 7) is 2.34. The number of carboxylic acid groups (broad SMARTS) is 1. The molecule has 1 aromatic heterocycles. The maximum atomic E-state index is 12.2. The summed E-state index contributed by atoms with van der Waals surface area (Å²) in [7, 11) is -3.60. The fourth-order valence-electron chi connectivity index (χ4n) is 1.89. The van der Waals surface area contributed by atoms with Gasteiger partial charge in [-0.2, -0.15) is 4.37 Å². The maximum absolute atomic E-state index is 12.2. The highest BCUT2D eigenvalue weighted by atomic mass is 32.2. The summed E-state index contributed by atoms with van der Waals surface area (Å²) in [5, 5.41) is 8.57. The van der Waals surface area contributed by atoms with E-state index in [4.69, 9.17) is 9.84 Å². The van der Waals surface area contributed by atoms with Crippen molar-refractivity contribution in [2.45, 2.75) is 25.0 Å². The lowest BCUT2D eigenvalue weighted by molar-refractivity contribution is 0.0697. The normalized spacial score (nSPS) is 17.3. The summed E-state index contributed by atoms with van der Waals surface area (Å²) in [5.41, 5.74) is 0.225. The van der Waals surface area contributed by atoms with Crippen molar-refractivity contribution in [2.75, 3.05) is 17.9 Å². The Hall–Kier alpha value is -1.19. The second-order valence-electron chi connectivity index (χ2n) is 4.24. The number of anilines is 1. The van der Waals surface area contributed by atoms with Crippen molar-refractivity contribution < 1.29 is 23.1 Å². The average molecular weight is 306 g/mol. The fourth-order valence-corrected chi connectivity index (χ4v) is 4.37. The van der Waals surface area contributed by atoms with Gasteiger partial charge in [0.05, 0.1) is 10.9 Å². The molecule has 0 amide bonds. The molecule has 9 heteroatoms. The van der Waals surface area contributed by atoms with Crippen molar-refractivity contribution in [1.82, 2.24) is 4.37 Å². The van der Waals surface area contributed by atoms with Crippen LogP contribution in [0.4, 0.5) is 5.00 Å². The summed E-state index contributed by atoms with van der Waals surface area (Å²) >= 11 is 0.843. The predicted molar refractivity (Wildman–Crippen MR) is 70.2 cm³/mol. The number of hydrogen-bond acceptors (Lipinski definition) is 6. The van der Waals surface area contributed by atoms with E-state index in [9.17, 15) is 13.2 Å². The zero-order valence-corrected chi connectivity index (χ0v) is 11.9. The molecule has 1 aromatic rings. The number of nitrogens with zero attached hydrogens (tertiary/aromatic N) is 1. The number of aromatic carboxylic acids is 1. The van der Waals surface area contributed by atoms with Crippen molar-refractivity contribution in [3.05, 3.63) is 11.3 Å². The molecule has 1 aliphatic rings. The summed E-state index contributed by atoms with van der Waals surface area (Å²) in [5.74, 6) is -1.18. The molecule has 0 radical (unpaired) electrons. The van der Waals surface area contributed by atoms with Crippen molar-refractivity contribution in [3.8, 4) is 0 Å². The topological polar surface area (TPSA) is 106 Å². The van der Waals surface area contributed by atoms with Gasteiger partial charge in [0.15, 0.2) is 0 Å². The molecule has 0 saturated carbocycles. The number of carboxylic acids is 1. The lowest BCUT2D eigenvalue weighted by atomic mass is 10.2. The van der Waals surface area contributed by atoms with Gasteiger partial charge in [-0.15, -0.1) is 0 Å². The van der Waals surface area contributed by atoms with E-state index in [2.05, 4.69) is 9.10 Å². The van der Waals surface area contributed by atoms with Crippen LogP contribution in [0.3, 0.4) is 0 Å². The molecule has 0 spiro atoms. The van der Waals surface area contributed by atoms with Crippen LogP contribution in [0.5, 0.6) is 0 Å². The smallest absolute Gasteiger partial charge is 0.340 e. The highest BCUT2D eigenvalue weighted by Crippen LogP contribution is 2.27. The molecule has 1 aliphatic heterocycles. The Morgan fingerprint density at radius 1 is 1.47 bits per heavy atom. The number of carbonyl (C=O) groups is 1.